The Morgan fingerprint density at radius 2 is 1.97 bits per heavy atom. The topological polar surface area (TPSA) is 67.8 Å². The van der Waals surface area contributed by atoms with Crippen LogP contribution in [-0.2, 0) is 14.3 Å². The van der Waals surface area contributed by atoms with Gasteiger partial charge in [-0.2, -0.15) is 0 Å². The molecule has 3 rings (SSSR count). The molecular weight excluding hydrogens is 458 g/mol. The molecule has 2 aromatic carbocycles. The lowest BCUT2D eigenvalue weighted by Gasteiger charge is -2.43. The summed E-state index contributed by atoms with van der Waals surface area (Å²) in [6.07, 6.45) is 0.816. The van der Waals surface area contributed by atoms with E-state index in [1.807, 2.05) is 37.3 Å². The molecule has 0 aliphatic carbocycles. The van der Waals surface area contributed by atoms with Crippen molar-refractivity contribution in [1.82, 2.24) is 5.32 Å². The van der Waals surface area contributed by atoms with Gasteiger partial charge in [0.1, 0.15) is 5.75 Å². The zero-order valence-corrected chi connectivity index (χ0v) is 18.8. The van der Waals surface area contributed by atoms with E-state index in [0.29, 0.717) is 36.5 Å². The summed E-state index contributed by atoms with van der Waals surface area (Å²) in [5.74, 6) is 0.103. The van der Waals surface area contributed by atoms with Gasteiger partial charge in [0, 0.05) is 47.0 Å². The molecule has 2 aromatic rings. The Morgan fingerprint density at radius 1 is 1.28 bits per heavy atom. The Hall–Kier alpha value is -1.60. The molecule has 156 valence electrons. The van der Waals surface area contributed by atoms with E-state index in [-0.39, 0.29) is 23.9 Å². The van der Waals surface area contributed by atoms with Crippen molar-refractivity contribution in [2.24, 2.45) is 0 Å². The lowest BCUT2D eigenvalue weighted by atomic mass is 9.81. The Labute approximate surface area is 184 Å². The quantitative estimate of drug-likeness (QED) is 0.585. The van der Waals surface area contributed by atoms with Crippen LogP contribution >= 0.6 is 27.5 Å². The molecule has 1 fully saturated rings. The van der Waals surface area contributed by atoms with Crippen molar-refractivity contribution in [3.8, 4) is 5.75 Å². The van der Waals surface area contributed by atoms with Gasteiger partial charge in [0.25, 0.3) is 0 Å². The number of nitrogens with one attached hydrogen (secondary N) is 1. The number of benzene rings is 2. The van der Waals surface area contributed by atoms with Crippen molar-refractivity contribution in [3.05, 3.63) is 63.1 Å². The standard InChI is InChI=1S/C22H25BrClNO4/c1-22(25-21(27)9-10-28-2)12-19(14-3-6-16(24)7-4-14)29-20(13-22)17-11-15(23)5-8-18(17)26/h3-8,11,19-20,26H,9-10,12-13H2,1-2H3,(H,25,27)/t19-,20+,22+/m0/s1. The molecule has 1 saturated heterocycles. The number of hydrogen-bond donors (Lipinski definition) is 2. The van der Waals surface area contributed by atoms with E-state index in [2.05, 4.69) is 21.2 Å². The van der Waals surface area contributed by atoms with Gasteiger partial charge in [-0.3, -0.25) is 4.79 Å². The monoisotopic (exact) mass is 481 g/mol. The SMILES string of the molecule is COCCC(=O)N[C@]1(C)C[C@@H](c2ccc(Cl)cc2)O[C@@H](c2cc(Br)ccc2O)C1. The van der Waals surface area contributed by atoms with E-state index in [4.69, 9.17) is 21.1 Å². The Balaban J connectivity index is 1.91. The maximum Gasteiger partial charge on any atom is 0.222 e. The van der Waals surface area contributed by atoms with Gasteiger partial charge in [0.2, 0.25) is 5.91 Å². The summed E-state index contributed by atoms with van der Waals surface area (Å²) in [5, 5.41) is 14.2. The largest absolute Gasteiger partial charge is 0.508 e. The molecule has 7 heteroatoms. The van der Waals surface area contributed by atoms with Gasteiger partial charge in [-0.05, 0) is 42.8 Å². The molecule has 0 aromatic heterocycles. The molecule has 29 heavy (non-hydrogen) atoms. The van der Waals surface area contributed by atoms with Gasteiger partial charge in [-0.1, -0.05) is 39.7 Å². The average molecular weight is 483 g/mol. The van der Waals surface area contributed by atoms with Crippen LogP contribution in [-0.4, -0.2) is 30.3 Å². The number of carbonyl (C=O) groups is 1. The summed E-state index contributed by atoms with van der Waals surface area (Å²) in [5.41, 5.74) is 1.16. The van der Waals surface area contributed by atoms with Crippen LogP contribution < -0.4 is 5.32 Å². The lowest BCUT2D eigenvalue weighted by Crippen LogP contribution is -2.51. The Morgan fingerprint density at radius 3 is 2.66 bits per heavy atom. The van der Waals surface area contributed by atoms with Crippen molar-refractivity contribution in [3.63, 3.8) is 0 Å². The van der Waals surface area contributed by atoms with Gasteiger partial charge >= 0.3 is 0 Å². The molecular formula is C22H25BrClNO4. The number of halogens is 2. The molecule has 0 radical (unpaired) electrons. The minimum atomic E-state index is -0.507. The number of hydrogen-bond acceptors (Lipinski definition) is 4. The molecule has 0 unspecified atom stereocenters. The summed E-state index contributed by atoms with van der Waals surface area (Å²) in [4.78, 5) is 12.4. The summed E-state index contributed by atoms with van der Waals surface area (Å²) in [7, 11) is 1.58. The highest BCUT2D eigenvalue weighted by molar-refractivity contribution is 9.10. The van der Waals surface area contributed by atoms with E-state index in [1.165, 1.54) is 0 Å². The van der Waals surface area contributed by atoms with Crippen LogP contribution in [0.4, 0.5) is 0 Å². The first-order valence-electron chi connectivity index (χ1n) is 9.49. The van der Waals surface area contributed by atoms with E-state index < -0.39 is 5.54 Å². The molecule has 1 aliphatic heterocycles. The highest BCUT2D eigenvalue weighted by Gasteiger charge is 2.41. The second-order valence-electron chi connectivity index (χ2n) is 7.63. The third-order valence-electron chi connectivity index (χ3n) is 5.15. The van der Waals surface area contributed by atoms with Crippen molar-refractivity contribution >= 4 is 33.4 Å². The smallest absolute Gasteiger partial charge is 0.222 e. The fourth-order valence-corrected chi connectivity index (χ4v) is 4.24. The molecule has 0 saturated carbocycles. The van der Waals surface area contributed by atoms with Gasteiger partial charge in [-0.15, -0.1) is 0 Å². The summed E-state index contributed by atoms with van der Waals surface area (Å²) >= 11 is 9.50. The minimum Gasteiger partial charge on any atom is -0.508 e. The molecule has 1 amide bonds. The predicted molar refractivity (Wildman–Crippen MR) is 116 cm³/mol. The summed E-state index contributed by atoms with van der Waals surface area (Å²) in [6.45, 7) is 2.39. The zero-order chi connectivity index (χ0) is 21.0. The van der Waals surface area contributed by atoms with Gasteiger partial charge < -0.3 is 19.9 Å². The van der Waals surface area contributed by atoms with Crippen LogP contribution in [0.3, 0.4) is 0 Å². The number of aromatic hydroxyl groups is 1. The Kier molecular flexibility index (Phi) is 7.22. The first-order chi connectivity index (χ1) is 13.8. The Bertz CT molecular complexity index is 860. The predicted octanol–water partition coefficient (Wildman–Crippen LogP) is 5.31. The maximum atomic E-state index is 12.4. The number of rotatable bonds is 6. The lowest BCUT2D eigenvalue weighted by molar-refractivity contribution is -0.129. The van der Waals surface area contributed by atoms with Crippen LogP contribution in [0.15, 0.2) is 46.9 Å². The number of ether oxygens (including phenoxy) is 2. The summed E-state index contributed by atoms with van der Waals surface area (Å²) < 4.78 is 12.3. The first-order valence-corrected chi connectivity index (χ1v) is 10.7. The van der Waals surface area contributed by atoms with Gasteiger partial charge in [0.05, 0.1) is 18.8 Å². The molecule has 1 aliphatic rings. The second kappa shape index (κ2) is 9.47. The number of phenolic OH excluding ortho intramolecular Hbond substituents is 1. The van der Waals surface area contributed by atoms with Crippen LogP contribution in [0.2, 0.25) is 5.02 Å². The number of amides is 1. The third kappa shape index (κ3) is 5.72. The van der Waals surface area contributed by atoms with Crippen molar-refractivity contribution in [1.29, 1.82) is 0 Å². The first kappa shape index (κ1) is 22.1. The average Bonchev–Trinajstić information content (AvgIpc) is 2.68. The van der Waals surface area contributed by atoms with E-state index in [1.54, 1.807) is 19.2 Å². The van der Waals surface area contributed by atoms with Crippen molar-refractivity contribution in [2.75, 3.05) is 13.7 Å². The highest BCUT2D eigenvalue weighted by atomic mass is 79.9. The molecule has 2 N–H and O–H groups in total. The van der Waals surface area contributed by atoms with Crippen LogP contribution in [0.25, 0.3) is 0 Å². The van der Waals surface area contributed by atoms with E-state index in [9.17, 15) is 9.90 Å². The van der Waals surface area contributed by atoms with Crippen LogP contribution in [0, 0.1) is 0 Å². The van der Waals surface area contributed by atoms with Gasteiger partial charge in [0.15, 0.2) is 0 Å². The minimum absolute atomic E-state index is 0.0664. The fourth-order valence-electron chi connectivity index (χ4n) is 3.73. The van der Waals surface area contributed by atoms with E-state index in [0.717, 1.165) is 10.0 Å². The van der Waals surface area contributed by atoms with Crippen LogP contribution in [0.1, 0.15) is 49.5 Å². The van der Waals surface area contributed by atoms with Crippen molar-refractivity contribution in [2.45, 2.75) is 43.9 Å². The zero-order valence-electron chi connectivity index (χ0n) is 16.5. The molecule has 0 bridgehead atoms. The summed E-state index contributed by atoms with van der Waals surface area (Å²) in [6, 6.07) is 12.8. The molecule has 0 spiro atoms. The molecule has 1 heterocycles. The molecule has 3 atom stereocenters. The number of carbonyl (C=O) groups excluding carboxylic acids is 1. The fraction of sp³-hybridized carbons (Fsp3) is 0.409. The number of phenols is 1. The third-order valence-corrected chi connectivity index (χ3v) is 5.90. The van der Waals surface area contributed by atoms with Crippen molar-refractivity contribution < 1.29 is 19.4 Å². The normalized spacial score (nSPS) is 24.3. The maximum absolute atomic E-state index is 12.4. The second-order valence-corrected chi connectivity index (χ2v) is 8.98. The molecule has 5 nitrogen and oxygen atoms in total. The van der Waals surface area contributed by atoms with Gasteiger partial charge in [-0.25, -0.2) is 0 Å². The van der Waals surface area contributed by atoms with Crippen LogP contribution in [0.5, 0.6) is 5.75 Å². The highest BCUT2D eigenvalue weighted by Crippen LogP contribution is 2.46. The van der Waals surface area contributed by atoms with E-state index >= 15 is 0 Å². The number of methoxy groups -OCH3 is 1.